The van der Waals surface area contributed by atoms with Crippen LogP contribution in [0.3, 0.4) is 0 Å². The van der Waals surface area contributed by atoms with Gasteiger partial charge in [0.2, 0.25) is 0 Å². The maximum atomic E-state index is 12.9. The lowest BCUT2D eigenvalue weighted by Crippen LogP contribution is -2.36. The fourth-order valence-corrected chi connectivity index (χ4v) is 4.65. The first-order valence-electron chi connectivity index (χ1n) is 7.10. The predicted molar refractivity (Wildman–Crippen MR) is 86.6 cm³/mol. The maximum absolute atomic E-state index is 12.9. The highest BCUT2D eigenvalue weighted by atomic mass is 32.2. The summed E-state index contributed by atoms with van der Waals surface area (Å²) < 4.78 is 29.0. The number of hydrogen-bond acceptors (Lipinski definition) is 5. The van der Waals surface area contributed by atoms with Gasteiger partial charge < -0.3 is 5.32 Å². The normalized spacial score (nSPS) is 14.0. The fourth-order valence-electron chi connectivity index (χ4n) is 2.27. The van der Waals surface area contributed by atoms with E-state index in [0.717, 1.165) is 12.8 Å². The van der Waals surface area contributed by atoms with Crippen molar-refractivity contribution < 1.29 is 8.42 Å². The zero-order valence-corrected chi connectivity index (χ0v) is 14.5. The van der Waals surface area contributed by atoms with E-state index in [0.29, 0.717) is 17.3 Å². The van der Waals surface area contributed by atoms with E-state index in [9.17, 15) is 8.42 Å². The highest BCUT2D eigenvalue weighted by Gasteiger charge is 2.32. The average molecular weight is 330 g/mol. The van der Waals surface area contributed by atoms with Gasteiger partial charge >= 0.3 is 0 Å². The van der Waals surface area contributed by atoms with E-state index >= 15 is 0 Å². The van der Waals surface area contributed by atoms with Crippen LogP contribution in [0.2, 0.25) is 0 Å². The van der Waals surface area contributed by atoms with E-state index < -0.39 is 10.0 Å². The molecular weight excluding hydrogens is 308 g/mol. The minimum atomic E-state index is -3.59. The molecule has 0 aromatic carbocycles. The van der Waals surface area contributed by atoms with Crippen molar-refractivity contribution in [2.45, 2.75) is 44.7 Å². The maximum Gasteiger partial charge on any atom is 0.262 e. The Balaban J connectivity index is 2.52. The Bertz CT molecular complexity index is 705. The van der Waals surface area contributed by atoms with Crippen molar-refractivity contribution in [3.63, 3.8) is 0 Å². The Morgan fingerprint density at radius 1 is 1.48 bits per heavy atom. The van der Waals surface area contributed by atoms with E-state index in [2.05, 4.69) is 17.2 Å². The summed E-state index contributed by atoms with van der Waals surface area (Å²) in [5, 5.41) is 5.12. The summed E-state index contributed by atoms with van der Waals surface area (Å²) in [5.41, 5.74) is 0. The molecule has 0 amide bonds. The van der Waals surface area contributed by atoms with Gasteiger partial charge in [0.15, 0.2) is 15.8 Å². The molecule has 0 saturated carbocycles. The van der Waals surface area contributed by atoms with Crippen LogP contribution < -0.4 is 5.32 Å². The second kappa shape index (κ2) is 6.33. The Labute approximate surface area is 129 Å². The van der Waals surface area contributed by atoms with Gasteiger partial charge in [-0.25, -0.2) is 13.4 Å². The van der Waals surface area contributed by atoms with Crippen molar-refractivity contribution in [3.8, 4) is 0 Å². The molecule has 0 aliphatic carbocycles. The summed E-state index contributed by atoms with van der Waals surface area (Å²) in [5.74, 6) is 0.430. The summed E-state index contributed by atoms with van der Waals surface area (Å²) in [6.45, 7) is 6.53. The number of hydrogen-bond donors (Lipinski definition) is 1. The van der Waals surface area contributed by atoms with E-state index in [1.165, 1.54) is 15.6 Å². The van der Waals surface area contributed by atoms with Gasteiger partial charge in [0, 0.05) is 31.2 Å². The molecule has 0 saturated heterocycles. The summed E-state index contributed by atoms with van der Waals surface area (Å²) in [7, 11) is -1.95. The monoisotopic (exact) mass is 330 g/mol. The van der Waals surface area contributed by atoms with Crippen LogP contribution in [-0.2, 0) is 10.0 Å². The van der Waals surface area contributed by atoms with Gasteiger partial charge in [-0.1, -0.05) is 13.3 Å². The third kappa shape index (κ3) is 2.93. The second-order valence-corrected chi connectivity index (χ2v) is 7.80. The van der Waals surface area contributed by atoms with Crippen LogP contribution in [0.5, 0.6) is 0 Å². The summed E-state index contributed by atoms with van der Waals surface area (Å²) in [6.07, 6.45) is 3.53. The lowest BCUT2D eigenvalue weighted by molar-refractivity contribution is 0.367. The second-order valence-electron chi connectivity index (χ2n) is 5.01. The minimum absolute atomic E-state index is 0.0429. The van der Waals surface area contributed by atoms with Crippen LogP contribution in [0.1, 0.15) is 33.6 Å². The Kier molecular flexibility index (Phi) is 4.90. The van der Waals surface area contributed by atoms with Crippen molar-refractivity contribution in [1.82, 2.24) is 13.7 Å². The quantitative estimate of drug-likeness (QED) is 0.847. The van der Waals surface area contributed by atoms with Crippen molar-refractivity contribution >= 4 is 32.1 Å². The standard InChI is InChI=1S/C13H22N4O2S2/c1-5-7-10(3)16(4)21(18,19)12-11(14-6-2)15-13-17(12)8-9-20-13/h8-10,14H,5-7H2,1-4H3. The number of imidazole rings is 1. The summed E-state index contributed by atoms with van der Waals surface area (Å²) in [6, 6.07) is -0.0429. The van der Waals surface area contributed by atoms with Gasteiger partial charge in [0.25, 0.3) is 10.0 Å². The van der Waals surface area contributed by atoms with Gasteiger partial charge in [0.1, 0.15) is 0 Å². The van der Waals surface area contributed by atoms with E-state index in [1.54, 1.807) is 17.6 Å². The van der Waals surface area contributed by atoms with Crippen molar-refractivity contribution in [2.75, 3.05) is 18.9 Å². The molecule has 118 valence electrons. The molecule has 0 fully saturated rings. The smallest absolute Gasteiger partial charge is 0.262 e. The van der Waals surface area contributed by atoms with Crippen LogP contribution in [0.15, 0.2) is 16.6 Å². The van der Waals surface area contributed by atoms with E-state index in [4.69, 9.17) is 0 Å². The molecule has 1 atom stereocenters. The number of anilines is 1. The molecule has 0 aliphatic heterocycles. The van der Waals surface area contributed by atoms with Gasteiger partial charge in [0.05, 0.1) is 0 Å². The number of fused-ring (bicyclic) bond motifs is 1. The SMILES string of the molecule is CCCC(C)N(C)S(=O)(=O)c1c(NCC)nc2sccn12. The zero-order valence-electron chi connectivity index (χ0n) is 12.8. The summed E-state index contributed by atoms with van der Waals surface area (Å²) >= 11 is 1.42. The molecule has 21 heavy (non-hydrogen) atoms. The molecule has 0 radical (unpaired) electrons. The molecule has 8 heteroatoms. The van der Waals surface area contributed by atoms with Gasteiger partial charge in [-0.15, -0.1) is 11.3 Å². The fraction of sp³-hybridized carbons (Fsp3) is 0.615. The molecule has 2 heterocycles. The number of nitrogens with one attached hydrogen (secondary N) is 1. The van der Waals surface area contributed by atoms with E-state index in [-0.39, 0.29) is 11.1 Å². The predicted octanol–water partition coefficient (Wildman–Crippen LogP) is 2.64. The molecule has 2 aromatic rings. The van der Waals surface area contributed by atoms with Gasteiger partial charge in [-0.2, -0.15) is 4.31 Å². The highest BCUT2D eigenvalue weighted by molar-refractivity contribution is 7.89. The van der Waals surface area contributed by atoms with Crippen LogP contribution in [0, 0.1) is 0 Å². The zero-order chi connectivity index (χ0) is 15.6. The van der Waals surface area contributed by atoms with Crippen molar-refractivity contribution in [3.05, 3.63) is 11.6 Å². The number of aromatic nitrogens is 2. The third-order valence-electron chi connectivity index (χ3n) is 3.51. The topological polar surface area (TPSA) is 66.7 Å². The Morgan fingerprint density at radius 2 is 2.19 bits per heavy atom. The van der Waals surface area contributed by atoms with E-state index in [1.807, 2.05) is 19.2 Å². The molecular formula is C13H22N4O2S2. The lowest BCUT2D eigenvalue weighted by atomic mass is 10.2. The highest BCUT2D eigenvalue weighted by Crippen LogP contribution is 2.29. The lowest BCUT2D eigenvalue weighted by Gasteiger charge is -2.24. The van der Waals surface area contributed by atoms with Gasteiger partial charge in [-0.3, -0.25) is 4.40 Å². The number of sulfonamides is 1. The van der Waals surface area contributed by atoms with Crippen LogP contribution in [0.25, 0.3) is 4.96 Å². The molecule has 0 bridgehead atoms. The van der Waals surface area contributed by atoms with Crippen LogP contribution >= 0.6 is 11.3 Å². The molecule has 0 spiro atoms. The first-order chi connectivity index (χ1) is 9.93. The molecule has 1 N–H and O–H groups in total. The molecule has 1 unspecified atom stereocenters. The van der Waals surface area contributed by atoms with Gasteiger partial charge in [-0.05, 0) is 20.3 Å². The van der Waals surface area contributed by atoms with Crippen molar-refractivity contribution in [2.24, 2.45) is 0 Å². The van der Waals surface area contributed by atoms with Crippen LogP contribution in [-0.4, -0.2) is 41.7 Å². The summed E-state index contributed by atoms with van der Waals surface area (Å²) in [4.78, 5) is 5.06. The van der Waals surface area contributed by atoms with Crippen LogP contribution in [0.4, 0.5) is 5.82 Å². The number of thiazole rings is 1. The molecule has 6 nitrogen and oxygen atoms in total. The third-order valence-corrected chi connectivity index (χ3v) is 6.27. The molecule has 2 aromatic heterocycles. The minimum Gasteiger partial charge on any atom is -0.368 e. The first-order valence-corrected chi connectivity index (χ1v) is 9.42. The first kappa shape index (κ1) is 16.3. The number of nitrogens with zero attached hydrogens (tertiary/aromatic N) is 3. The van der Waals surface area contributed by atoms with Crippen molar-refractivity contribution in [1.29, 1.82) is 0 Å². The molecule has 2 rings (SSSR count). The molecule has 0 aliphatic rings. The average Bonchev–Trinajstić information content (AvgIpc) is 2.98. The Morgan fingerprint density at radius 3 is 2.81 bits per heavy atom. The number of rotatable bonds is 7. The Hall–Kier alpha value is -1.12. The largest absolute Gasteiger partial charge is 0.368 e.